The minimum atomic E-state index is -1.21. The lowest BCUT2D eigenvalue weighted by Crippen LogP contribution is -2.43. The Morgan fingerprint density at radius 3 is 2.61 bits per heavy atom. The van der Waals surface area contributed by atoms with Crippen LogP contribution in [0.1, 0.15) is 12.5 Å². The van der Waals surface area contributed by atoms with Crippen molar-refractivity contribution in [2.75, 3.05) is 26.8 Å². The number of nitrogens with one attached hydrogen (secondary N) is 2. The topological polar surface area (TPSA) is 87.7 Å². The predicted molar refractivity (Wildman–Crippen MR) is 83.9 cm³/mol. The van der Waals surface area contributed by atoms with E-state index in [1.807, 2.05) is 0 Å². The number of halogens is 1. The third-order valence-corrected chi connectivity index (χ3v) is 3.88. The van der Waals surface area contributed by atoms with Crippen molar-refractivity contribution < 1.29 is 19.1 Å². The van der Waals surface area contributed by atoms with Crippen LogP contribution in [-0.4, -0.2) is 49.6 Å². The highest BCUT2D eigenvalue weighted by atomic mass is 35.5. The monoisotopic (exact) mass is 339 g/mol. The van der Waals surface area contributed by atoms with Gasteiger partial charge in [0.25, 0.3) is 5.91 Å². The number of imide groups is 1. The van der Waals surface area contributed by atoms with Gasteiger partial charge in [-0.2, -0.15) is 0 Å². The molecule has 0 spiro atoms. The standard InChI is InChI=1S/C15H18ClN3O4/c1-15(10-3-5-11(16)6-4-10)13(21)19(14(22)18-15)9-12(20)17-7-8-23-2/h3-6H,7-9H2,1-2H3,(H,17,20)(H,18,22)/t15-/m1/s1. The average molecular weight is 340 g/mol. The number of nitrogens with zero attached hydrogens (tertiary/aromatic N) is 1. The fourth-order valence-electron chi connectivity index (χ4n) is 2.31. The summed E-state index contributed by atoms with van der Waals surface area (Å²) in [6.45, 7) is 1.93. The average Bonchev–Trinajstić information content (AvgIpc) is 2.72. The minimum Gasteiger partial charge on any atom is -0.383 e. The van der Waals surface area contributed by atoms with Crippen LogP contribution in [0.4, 0.5) is 4.79 Å². The molecule has 0 saturated carbocycles. The normalized spacial score (nSPS) is 20.6. The van der Waals surface area contributed by atoms with E-state index in [1.165, 1.54) is 7.11 Å². The third kappa shape index (κ3) is 3.62. The van der Waals surface area contributed by atoms with E-state index in [0.29, 0.717) is 23.7 Å². The first-order valence-corrected chi connectivity index (χ1v) is 7.42. The van der Waals surface area contributed by atoms with Crippen molar-refractivity contribution in [2.24, 2.45) is 0 Å². The van der Waals surface area contributed by atoms with Gasteiger partial charge in [0.1, 0.15) is 12.1 Å². The van der Waals surface area contributed by atoms with Crippen LogP contribution in [0.2, 0.25) is 5.02 Å². The van der Waals surface area contributed by atoms with Crippen LogP contribution in [0.3, 0.4) is 0 Å². The van der Waals surface area contributed by atoms with E-state index in [4.69, 9.17) is 16.3 Å². The first-order valence-electron chi connectivity index (χ1n) is 7.04. The summed E-state index contributed by atoms with van der Waals surface area (Å²) in [7, 11) is 1.52. The fraction of sp³-hybridized carbons (Fsp3) is 0.400. The maximum Gasteiger partial charge on any atom is 0.325 e. The Kier molecular flexibility index (Phi) is 5.23. The second-order valence-electron chi connectivity index (χ2n) is 5.30. The van der Waals surface area contributed by atoms with Crippen LogP contribution in [0.25, 0.3) is 0 Å². The molecule has 1 aliphatic heterocycles. The van der Waals surface area contributed by atoms with Crippen molar-refractivity contribution in [1.82, 2.24) is 15.5 Å². The molecule has 0 bridgehead atoms. The molecule has 1 fully saturated rings. The summed E-state index contributed by atoms with van der Waals surface area (Å²) in [5, 5.41) is 5.73. The van der Waals surface area contributed by atoms with Gasteiger partial charge in [0.05, 0.1) is 6.61 Å². The third-order valence-electron chi connectivity index (χ3n) is 3.63. The molecule has 8 heteroatoms. The molecule has 1 aliphatic rings. The molecule has 1 saturated heterocycles. The SMILES string of the molecule is COCCNC(=O)CN1C(=O)N[C@](C)(c2ccc(Cl)cc2)C1=O. The largest absolute Gasteiger partial charge is 0.383 e. The summed E-state index contributed by atoms with van der Waals surface area (Å²) in [6.07, 6.45) is 0. The number of hydrogen-bond acceptors (Lipinski definition) is 4. The summed E-state index contributed by atoms with van der Waals surface area (Å²) >= 11 is 5.84. The highest BCUT2D eigenvalue weighted by Gasteiger charge is 2.49. The Morgan fingerprint density at radius 1 is 1.35 bits per heavy atom. The number of ether oxygens (including phenoxy) is 1. The number of carbonyl (C=O) groups is 3. The van der Waals surface area contributed by atoms with E-state index in [0.717, 1.165) is 4.90 Å². The van der Waals surface area contributed by atoms with Crippen molar-refractivity contribution in [3.63, 3.8) is 0 Å². The molecule has 23 heavy (non-hydrogen) atoms. The van der Waals surface area contributed by atoms with Gasteiger partial charge >= 0.3 is 6.03 Å². The Labute approximate surface area is 138 Å². The first-order chi connectivity index (χ1) is 10.9. The summed E-state index contributed by atoms with van der Waals surface area (Å²) in [5.41, 5.74) is -0.614. The van der Waals surface area contributed by atoms with Gasteiger partial charge in [0, 0.05) is 18.7 Å². The van der Waals surface area contributed by atoms with Crippen molar-refractivity contribution >= 4 is 29.4 Å². The number of benzene rings is 1. The highest BCUT2D eigenvalue weighted by molar-refractivity contribution is 6.30. The Balaban J connectivity index is 2.10. The van der Waals surface area contributed by atoms with E-state index in [1.54, 1.807) is 31.2 Å². The molecule has 2 rings (SSSR count). The number of urea groups is 1. The Morgan fingerprint density at radius 2 is 2.00 bits per heavy atom. The van der Waals surface area contributed by atoms with Gasteiger partial charge in [-0.15, -0.1) is 0 Å². The van der Waals surface area contributed by atoms with E-state index >= 15 is 0 Å². The smallest absolute Gasteiger partial charge is 0.325 e. The molecule has 0 aromatic heterocycles. The van der Waals surface area contributed by atoms with Crippen molar-refractivity contribution in [2.45, 2.75) is 12.5 Å². The van der Waals surface area contributed by atoms with Crippen LogP contribution >= 0.6 is 11.6 Å². The lowest BCUT2D eigenvalue weighted by atomic mass is 9.92. The van der Waals surface area contributed by atoms with Crippen LogP contribution in [0.15, 0.2) is 24.3 Å². The molecule has 4 amide bonds. The van der Waals surface area contributed by atoms with Crippen LogP contribution < -0.4 is 10.6 Å². The molecule has 1 aromatic carbocycles. The molecule has 0 radical (unpaired) electrons. The zero-order chi connectivity index (χ0) is 17.0. The summed E-state index contributed by atoms with van der Waals surface area (Å²) in [4.78, 5) is 37.4. The van der Waals surface area contributed by atoms with Crippen molar-refractivity contribution in [3.8, 4) is 0 Å². The summed E-state index contributed by atoms with van der Waals surface area (Å²) < 4.78 is 4.82. The van der Waals surface area contributed by atoms with Gasteiger partial charge in [-0.1, -0.05) is 23.7 Å². The highest BCUT2D eigenvalue weighted by Crippen LogP contribution is 2.29. The zero-order valence-corrected chi connectivity index (χ0v) is 13.6. The number of rotatable bonds is 6. The second kappa shape index (κ2) is 6.97. The number of carbonyl (C=O) groups excluding carboxylic acids is 3. The molecule has 0 aliphatic carbocycles. The molecule has 0 unspecified atom stereocenters. The summed E-state index contributed by atoms with van der Waals surface area (Å²) in [5.74, 6) is -0.905. The lowest BCUT2D eigenvalue weighted by molar-refractivity contribution is -0.134. The Bertz CT molecular complexity index is 620. The molecule has 1 heterocycles. The van der Waals surface area contributed by atoms with Gasteiger partial charge in [0.15, 0.2) is 0 Å². The molecular weight excluding hydrogens is 322 g/mol. The van der Waals surface area contributed by atoms with Gasteiger partial charge in [-0.3, -0.25) is 14.5 Å². The summed E-state index contributed by atoms with van der Waals surface area (Å²) in [6, 6.07) is 6.02. The zero-order valence-electron chi connectivity index (χ0n) is 12.9. The fourth-order valence-corrected chi connectivity index (χ4v) is 2.44. The molecule has 124 valence electrons. The maximum absolute atomic E-state index is 12.6. The van der Waals surface area contributed by atoms with E-state index in [9.17, 15) is 14.4 Å². The van der Waals surface area contributed by atoms with Gasteiger partial charge in [0.2, 0.25) is 5.91 Å². The van der Waals surface area contributed by atoms with Crippen LogP contribution in [0, 0.1) is 0 Å². The van der Waals surface area contributed by atoms with Crippen molar-refractivity contribution in [3.05, 3.63) is 34.9 Å². The lowest BCUT2D eigenvalue weighted by Gasteiger charge is -2.22. The minimum absolute atomic E-state index is 0.313. The molecule has 1 atom stereocenters. The van der Waals surface area contributed by atoms with Crippen LogP contribution in [0.5, 0.6) is 0 Å². The number of hydrogen-bond donors (Lipinski definition) is 2. The van der Waals surface area contributed by atoms with E-state index in [-0.39, 0.29) is 6.54 Å². The number of methoxy groups -OCH3 is 1. The maximum atomic E-state index is 12.6. The second-order valence-corrected chi connectivity index (χ2v) is 5.73. The molecule has 2 N–H and O–H groups in total. The quantitative estimate of drug-likeness (QED) is 0.594. The Hall–Kier alpha value is -2.12. The molecular formula is C15H18ClN3O4. The number of amides is 4. The molecule has 7 nitrogen and oxygen atoms in total. The van der Waals surface area contributed by atoms with Gasteiger partial charge < -0.3 is 15.4 Å². The van der Waals surface area contributed by atoms with Crippen LogP contribution in [-0.2, 0) is 19.9 Å². The van der Waals surface area contributed by atoms with E-state index in [2.05, 4.69) is 10.6 Å². The van der Waals surface area contributed by atoms with E-state index < -0.39 is 23.4 Å². The van der Waals surface area contributed by atoms with Gasteiger partial charge in [-0.25, -0.2) is 4.79 Å². The molecule has 1 aromatic rings. The predicted octanol–water partition coefficient (Wildman–Crippen LogP) is 0.870. The van der Waals surface area contributed by atoms with Gasteiger partial charge in [-0.05, 0) is 24.6 Å². The first kappa shape index (κ1) is 17.2. The van der Waals surface area contributed by atoms with Crippen molar-refractivity contribution in [1.29, 1.82) is 0 Å².